The third-order valence-corrected chi connectivity index (χ3v) is 10.9. The molecular formula is C30H35N5O6S2. The Hall–Kier alpha value is -3.68. The number of carbonyl (C=O) groups excluding carboxylic acids is 3. The van der Waals surface area contributed by atoms with Crippen LogP contribution in [0.25, 0.3) is 10.6 Å². The topological polar surface area (TPSA) is 152 Å². The van der Waals surface area contributed by atoms with Crippen molar-refractivity contribution < 1.29 is 27.5 Å². The van der Waals surface area contributed by atoms with Gasteiger partial charge in [0.2, 0.25) is 5.91 Å². The lowest BCUT2D eigenvalue weighted by atomic mass is 9.84. The van der Waals surface area contributed by atoms with Crippen LogP contribution < -0.4 is 15.4 Å². The Kier molecular flexibility index (Phi) is 9.83. The Balaban J connectivity index is 1.28. The van der Waals surface area contributed by atoms with Crippen molar-refractivity contribution in [2.24, 2.45) is 5.92 Å². The Morgan fingerprint density at radius 3 is 2.58 bits per heavy atom. The molecule has 2 aliphatic rings. The highest BCUT2D eigenvalue weighted by atomic mass is 32.2. The Bertz CT molecular complexity index is 1560. The van der Waals surface area contributed by atoms with Crippen molar-refractivity contribution in [1.29, 1.82) is 0 Å². The molecule has 0 spiro atoms. The summed E-state index contributed by atoms with van der Waals surface area (Å²) >= 11 is 1.29. The summed E-state index contributed by atoms with van der Waals surface area (Å²) in [5.41, 5.74) is 0.753. The van der Waals surface area contributed by atoms with E-state index in [1.807, 2.05) is 24.3 Å². The molecule has 3 aromatic rings. The van der Waals surface area contributed by atoms with Crippen LogP contribution >= 0.6 is 11.3 Å². The van der Waals surface area contributed by atoms with Gasteiger partial charge in [-0.3, -0.25) is 19.4 Å². The van der Waals surface area contributed by atoms with Gasteiger partial charge >= 0.3 is 15.0 Å². The summed E-state index contributed by atoms with van der Waals surface area (Å²) in [6.45, 7) is -0.429. The lowest BCUT2D eigenvalue weighted by Crippen LogP contribution is -2.53. The third kappa shape index (κ3) is 7.46. The van der Waals surface area contributed by atoms with Gasteiger partial charge in [0.15, 0.2) is 12.0 Å². The van der Waals surface area contributed by atoms with Gasteiger partial charge in [-0.2, -0.15) is 9.04 Å². The summed E-state index contributed by atoms with van der Waals surface area (Å²) in [5, 5.41) is 17.4. The van der Waals surface area contributed by atoms with Crippen molar-refractivity contribution in [3.8, 4) is 10.6 Å². The molecule has 5 rings (SSSR count). The van der Waals surface area contributed by atoms with Gasteiger partial charge in [0.05, 0.1) is 28.0 Å². The number of Topliss-reactive ketones (excluding diaryl/α,β-unsaturated/α-hetero) is 1. The van der Waals surface area contributed by atoms with Gasteiger partial charge in [-0.25, -0.2) is 8.42 Å². The van der Waals surface area contributed by atoms with E-state index in [1.54, 1.807) is 12.3 Å². The van der Waals surface area contributed by atoms with Crippen LogP contribution in [0.1, 0.15) is 61.0 Å². The third-order valence-electron chi connectivity index (χ3n) is 7.99. The fraction of sp³-hybridized carbons (Fsp3) is 0.433. The second-order valence-electron chi connectivity index (χ2n) is 11.0. The number of sulfonamides is 1. The molecule has 0 radical (unpaired) electrons. The molecule has 3 aromatic heterocycles. The first-order valence-electron chi connectivity index (χ1n) is 14.6. The first-order chi connectivity index (χ1) is 20.7. The van der Waals surface area contributed by atoms with Gasteiger partial charge in [0.25, 0.3) is 5.91 Å². The summed E-state index contributed by atoms with van der Waals surface area (Å²) < 4.78 is 27.5. The monoisotopic (exact) mass is 625 g/mol. The van der Waals surface area contributed by atoms with E-state index < -0.39 is 45.4 Å². The highest BCUT2D eigenvalue weighted by Crippen LogP contribution is 2.29. The number of carbonyl (C=O) groups is 3. The molecule has 2 atom stereocenters. The van der Waals surface area contributed by atoms with Gasteiger partial charge in [-0.1, -0.05) is 38.2 Å². The highest BCUT2D eigenvalue weighted by Gasteiger charge is 2.37. The van der Waals surface area contributed by atoms with Crippen molar-refractivity contribution in [2.45, 2.75) is 68.5 Å². The van der Waals surface area contributed by atoms with Crippen molar-refractivity contribution in [2.75, 3.05) is 13.1 Å². The van der Waals surface area contributed by atoms with E-state index >= 15 is 0 Å². The van der Waals surface area contributed by atoms with Gasteiger partial charge in [-0.05, 0) is 55.5 Å². The molecule has 0 bridgehead atoms. The Morgan fingerprint density at radius 1 is 1.05 bits per heavy atom. The molecule has 1 unspecified atom stereocenters. The van der Waals surface area contributed by atoms with Gasteiger partial charge in [0.1, 0.15) is 6.04 Å². The van der Waals surface area contributed by atoms with Crippen molar-refractivity contribution in [1.82, 2.24) is 19.9 Å². The number of ketones is 1. The summed E-state index contributed by atoms with van der Waals surface area (Å²) in [4.78, 5) is 45.8. The number of rotatable bonds is 9. The molecule has 11 nitrogen and oxygen atoms in total. The summed E-state index contributed by atoms with van der Waals surface area (Å²) in [6.07, 6.45) is 9.01. The minimum Gasteiger partial charge on any atom is -0.618 e. The Morgan fingerprint density at radius 2 is 1.84 bits per heavy atom. The zero-order valence-electron chi connectivity index (χ0n) is 23.7. The fourth-order valence-corrected chi connectivity index (χ4v) is 8.05. The minimum absolute atomic E-state index is 0.0363. The lowest BCUT2D eigenvalue weighted by Gasteiger charge is -2.27. The average Bonchev–Trinajstić information content (AvgIpc) is 3.44. The normalized spacial score (nSPS) is 19.3. The summed E-state index contributed by atoms with van der Waals surface area (Å²) in [5.74, 6) is -1.03. The number of nitrogens with one attached hydrogen (secondary N) is 2. The van der Waals surface area contributed by atoms with Gasteiger partial charge in [0, 0.05) is 24.9 Å². The second kappa shape index (κ2) is 13.7. The molecule has 2 amide bonds. The molecular weight excluding hydrogens is 590 g/mol. The largest absolute Gasteiger partial charge is 0.618 e. The van der Waals surface area contributed by atoms with Crippen molar-refractivity contribution in [3.05, 3.63) is 71.0 Å². The lowest BCUT2D eigenvalue weighted by molar-refractivity contribution is -0.646. The number of aromatic nitrogens is 2. The highest BCUT2D eigenvalue weighted by molar-refractivity contribution is 7.89. The Labute approximate surface area is 255 Å². The maximum absolute atomic E-state index is 13.6. The van der Waals surface area contributed by atoms with Crippen molar-refractivity contribution in [3.63, 3.8) is 0 Å². The van der Waals surface area contributed by atoms with E-state index in [-0.39, 0.29) is 29.5 Å². The van der Waals surface area contributed by atoms with E-state index in [9.17, 15) is 28.0 Å². The molecule has 228 valence electrons. The molecule has 1 aliphatic carbocycles. The predicted molar refractivity (Wildman–Crippen MR) is 160 cm³/mol. The predicted octanol–water partition coefficient (Wildman–Crippen LogP) is 3.05. The van der Waals surface area contributed by atoms with Crippen molar-refractivity contribution >= 4 is 39.0 Å². The number of thiophene rings is 1. The fourth-order valence-electron chi connectivity index (χ4n) is 5.69. The molecule has 4 heterocycles. The van der Waals surface area contributed by atoms with Gasteiger partial charge in [-0.15, -0.1) is 11.3 Å². The van der Waals surface area contributed by atoms with E-state index in [0.717, 1.165) is 53.2 Å². The standard InChI is InChI=1S/C30H35N5O6S2/c36-25-20-34(43(40,41)28-13-5-7-18-35(28)39)17-8-12-22(25)32-29(37)24(19-21-9-2-1-3-10-21)33-30(38)27-15-14-26(42-27)23-11-4-6-16-31-23/h4-7,11,13-16,18,21-22,24H,1-3,8-10,12,17,19-20H2,(H,32,37)(H,33,38)/t22-,24?/m0/s1. The summed E-state index contributed by atoms with van der Waals surface area (Å²) in [6, 6.07) is 11.4. The maximum Gasteiger partial charge on any atom is 0.323 e. The molecule has 1 saturated carbocycles. The van der Waals surface area contributed by atoms with E-state index in [1.165, 1.54) is 29.5 Å². The second-order valence-corrected chi connectivity index (χ2v) is 14.0. The van der Waals surface area contributed by atoms with Gasteiger partial charge < -0.3 is 15.8 Å². The molecule has 1 saturated heterocycles. The van der Waals surface area contributed by atoms with Crippen LogP contribution in [-0.4, -0.2) is 60.5 Å². The molecule has 1 aliphatic heterocycles. The molecule has 2 N–H and O–H groups in total. The number of hydrogen-bond donors (Lipinski definition) is 2. The first-order valence-corrected chi connectivity index (χ1v) is 16.8. The van der Waals surface area contributed by atoms with E-state index in [4.69, 9.17) is 0 Å². The zero-order valence-corrected chi connectivity index (χ0v) is 25.3. The quantitative estimate of drug-likeness (QED) is 0.274. The number of nitrogens with zero attached hydrogens (tertiary/aromatic N) is 3. The van der Waals surface area contributed by atoms with E-state index in [2.05, 4.69) is 15.6 Å². The number of hydrogen-bond acceptors (Lipinski definition) is 8. The molecule has 43 heavy (non-hydrogen) atoms. The number of pyridine rings is 2. The molecule has 13 heteroatoms. The SMILES string of the molecule is O=C(NC(CC1CCCCC1)C(=O)N[C@H]1CCCN(S(=O)(=O)c2cccc[n+]2[O-])CC1=O)c1ccc(-c2ccccn2)s1. The molecule has 2 fully saturated rings. The van der Waals surface area contributed by atoms with Crippen LogP contribution in [0.15, 0.2) is 66.0 Å². The first kappa shape index (κ1) is 30.8. The van der Waals surface area contributed by atoms with Crippen LogP contribution in [-0.2, 0) is 19.6 Å². The van der Waals surface area contributed by atoms with E-state index in [0.29, 0.717) is 17.7 Å². The zero-order chi connectivity index (χ0) is 30.4. The average molecular weight is 626 g/mol. The van der Waals surface area contributed by atoms with Crippen LogP contribution in [0.2, 0.25) is 0 Å². The summed E-state index contributed by atoms with van der Waals surface area (Å²) in [7, 11) is -4.21. The maximum atomic E-state index is 13.6. The van der Waals surface area contributed by atoms with Crippen LogP contribution in [0, 0.1) is 11.1 Å². The van der Waals surface area contributed by atoms with Crippen LogP contribution in [0.3, 0.4) is 0 Å². The van der Waals surface area contributed by atoms with Crippen LogP contribution in [0.5, 0.6) is 0 Å². The smallest absolute Gasteiger partial charge is 0.323 e. The molecule has 0 aromatic carbocycles. The minimum atomic E-state index is -4.21. The number of amides is 2. The van der Waals surface area contributed by atoms with Crippen LogP contribution in [0.4, 0.5) is 0 Å².